The van der Waals surface area contributed by atoms with Gasteiger partial charge < -0.3 is 20.9 Å². The minimum absolute atomic E-state index is 0.168. The van der Waals surface area contributed by atoms with E-state index in [1.54, 1.807) is 12.3 Å². The molecular weight excluding hydrogens is 538 g/mol. The van der Waals surface area contributed by atoms with E-state index in [-0.39, 0.29) is 5.91 Å². The highest BCUT2D eigenvalue weighted by Crippen LogP contribution is 2.21. The van der Waals surface area contributed by atoms with E-state index in [2.05, 4.69) is 66.7 Å². The van der Waals surface area contributed by atoms with Crippen LogP contribution in [-0.4, -0.2) is 75.0 Å². The fourth-order valence-electron chi connectivity index (χ4n) is 5.43. The van der Waals surface area contributed by atoms with Gasteiger partial charge in [-0.2, -0.15) is 0 Å². The first-order valence-electron chi connectivity index (χ1n) is 15.3. The van der Waals surface area contributed by atoms with Gasteiger partial charge in [-0.3, -0.25) is 14.3 Å². The van der Waals surface area contributed by atoms with Gasteiger partial charge in [0.1, 0.15) is 18.0 Å². The van der Waals surface area contributed by atoms with Crippen molar-refractivity contribution in [1.29, 1.82) is 0 Å². The van der Waals surface area contributed by atoms with Crippen molar-refractivity contribution in [2.75, 3.05) is 55.7 Å². The average Bonchev–Trinajstić information content (AvgIpc) is 3.50. The summed E-state index contributed by atoms with van der Waals surface area (Å²) in [5.41, 5.74) is 3.33. The molecule has 1 aliphatic rings. The Morgan fingerprint density at radius 3 is 2.49 bits per heavy atom. The molecule has 0 bridgehead atoms. The zero-order valence-electron chi connectivity index (χ0n) is 25.5. The van der Waals surface area contributed by atoms with Crippen molar-refractivity contribution >= 4 is 29.0 Å². The van der Waals surface area contributed by atoms with Crippen LogP contribution in [0.4, 0.5) is 23.1 Å². The predicted octanol–water partition coefficient (Wildman–Crippen LogP) is 5.64. The summed E-state index contributed by atoms with van der Waals surface area (Å²) in [6.07, 6.45) is 8.92. The summed E-state index contributed by atoms with van der Waals surface area (Å²) in [7, 11) is 1.81. The Balaban J connectivity index is 1.12. The van der Waals surface area contributed by atoms with E-state index in [4.69, 9.17) is 0 Å². The van der Waals surface area contributed by atoms with E-state index in [0.29, 0.717) is 23.1 Å². The van der Waals surface area contributed by atoms with Gasteiger partial charge in [0.15, 0.2) is 0 Å². The predicted molar refractivity (Wildman–Crippen MR) is 173 cm³/mol. The SMILES string of the molecule is CCC[C@@H](C)CCN1CCN(Cc2ccc(NC(=O)c3cccc(Nc4nccn4-c4cc(NC)ncn4)c3)cc2)CC1. The summed E-state index contributed by atoms with van der Waals surface area (Å²) in [6, 6.07) is 17.4. The van der Waals surface area contributed by atoms with Gasteiger partial charge in [-0.15, -0.1) is 0 Å². The monoisotopic (exact) mass is 581 g/mol. The van der Waals surface area contributed by atoms with E-state index in [1.807, 2.05) is 54.2 Å². The summed E-state index contributed by atoms with van der Waals surface area (Å²) in [5.74, 6) is 2.61. The summed E-state index contributed by atoms with van der Waals surface area (Å²) < 4.78 is 1.83. The minimum atomic E-state index is -0.168. The molecule has 2 aromatic carbocycles. The van der Waals surface area contributed by atoms with Crippen LogP contribution in [-0.2, 0) is 6.54 Å². The number of carbonyl (C=O) groups is 1. The summed E-state index contributed by atoms with van der Waals surface area (Å²) in [6.45, 7) is 11.3. The number of nitrogens with zero attached hydrogens (tertiary/aromatic N) is 6. The number of hydrogen-bond acceptors (Lipinski definition) is 8. The van der Waals surface area contributed by atoms with Crippen LogP contribution in [0.3, 0.4) is 0 Å². The van der Waals surface area contributed by atoms with E-state index in [9.17, 15) is 4.79 Å². The van der Waals surface area contributed by atoms with Gasteiger partial charge in [-0.1, -0.05) is 44.9 Å². The van der Waals surface area contributed by atoms with Gasteiger partial charge in [0.25, 0.3) is 5.91 Å². The van der Waals surface area contributed by atoms with Crippen molar-refractivity contribution in [3.63, 3.8) is 0 Å². The van der Waals surface area contributed by atoms with E-state index in [1.165, 1.54) is 37.7 Å². The number of rotatable bonds is 13. The first-order valence-corrected chi connectivity index (χ1v) is 15.3. The first-order chi connectivity index (χ1) is 21.0. The van der Waals surface area contributed by atoms with Crippen LogP contribution < -0.4 is 16.0 Å². The fraction of sp³-hybridized carbons (Fsp3) is 0.394. The lowest BCUT2D eigenvalue weighted by molar-refractivity contribution is 0.102. The maximum absolute atomic E-state index is 13.1. The average molecular weight is 582 g/mol. The number of aromatic nitrogens is 4. The zero-order chi connectivity index (χ0) is 30.0. The lowest BCUT2D eigenvalue weighted by Gasteiger charge is -2.35. The van der Waals surface area contributed by atoms with Gasteiger partial charge in [-0.25, -0.2) is 15.0 Å². The van der Waals surface area contributed by atoms with Gasteiger partial charge in [0.2, 0.25) is 5.95 Å². The van der Waals surface area contributed by atoms with E-state index >= 15 is 0 Å². The second-order valence-electron chi connectivity index (χ2n) is 11.3. The Hall–Kier alpha value is -4.28. The van der Waals surface area contributed by atoms with Crippen molar-refractivity contribution in [1.82, 2.24) is 29.3 Å². The van der Waals surface area contributed by atoms with Crippen LogP contribution in [0.1, 0.15) is 49.0 Å². The number of nitrogens with one attached hydrogen (secondary N) is 3. The number of piperazine rings is 1. The molecule has 0 unspecified atom stereocenters. The lowest BCUT2D eigenvalue weighted by atomic mass is 10.0. The quantitative estimate of drug-likeness (QED) is 0.186. The smallest absolute Gasteiger partial charge is 0.255 e. The molecule has 1 amide bonds. The Morgan fingerprint density at radius 1 is 0.930 bits per heavy atom. The fourth-order valence-corrected chi connectivity index (χ4v) is 5.43. The topological polar surface area (TPSA) is 103 Å². The molecule has 5 rings (SSSR count). The molecule has 3 heterocycles. The summed E-state index contributed by atoms with van der Waals surface area (Å²) in [5, 5.41) is 9.35. The van der Waals surface area contributed by atoms with Crippen molar-refractivity contribution in [3.8, 4) is 5.82 Å². The van der Waals surface area contributed by atoms with Gasteiger partial charge >= 0.3 is 0 Å². The molecule has 1 atom stereocenters. The number of hydrogen-bond donors (Lipinski definition) is 3. The second kappa shape index (κ2) is 14.8. The number of anilines is 4. The summed E-state index contributed by atoms with van der Waals surface area (Å²) >= 11 is 0. The molecule has 4 aromatic rings. The molecule has 10 nitrogen and oxygen atoms in total. The van der Waals surface area contributed by atoms with Crippen molar-refractivity contribution in [3.05, 3.63) is 84.4 Å². The highest BCUT2D eigenvalue weighted by atomic mass is 16.1. The van der Waals surface area contributed by atoms with Crippen LogP contribution in [0.25, 0.3) is 5.82 Å². The van der Waals surface area contributed by atoms with Crippen LogP contribution in [0.2, 0.25) is 0 Å². The molecule has 10 heteroatoms. The zero-order valence-corrected chi connectivity index (χ0v) is 25.5. The Labute approximate surface area is 254 Å². The molecule has 2 aromatic heterocycles. The van der Waals surface area contributed by atoms with Gasteiger partial charge in [0.05, 0.1) is 0 Å². The van der Waals surface area contributed by atoms with Crippen LogP contribution in [0.5, 0.6) is 0 Å². The number of amides is 1. The molecule has 0 saturated carbocycles. The third kappa shape index (κ3) is 8.39. The number of carbonyl (C=O) groups excluding carboxylic acids is 1. The molecule has 0 radical (unpaired) electrons. The normalized spacial score (nSPS) is 14.8. The molecule has 1 aliphatic heterocycles. The maximum Gasteiger partial charge on any atom is 0.255 e. The Bertz CT molecular complexity index is 1460. The van der Waals surface area contributed by atoms with Crippen molar-refractivity contribution in [2.45, 2.75) is 39.7 Å². The van der Waals surface area contributed by atoms with Crippen LogP contribution in [0, 0.1) is 5.92 Å². The molecule has 1 saturated heterocycles. The largest absolute Gasteiger partial charge is 0.373 e. The lowest BCUT2D eigenvalue weighted by Crippen LogP contribution is -2.46. The van der Waals surface area contributed by atoms with Crippen LogP contribution >= 0.6 is 0 Å². The third-order valence-corrected chi connectivity index (χ3v) is 7.98. The molecule has 0 aliphatic carbocycles. The molecule has 43 heavy (non-hydrogen) atoms. The number of benzene rings is 2. The Kier molecular flexibility index (Phi) is 10.4. The third-order valence-electron chi connectivity index (χ3n) is 7.98. The highest BCUT2D eigenvalue weighted by molar-refractivity contribution is 6.04. The van der Waals surface area contributed by atoms with E-state index < -0.39 is 0 Å². The molecule has 0 spiro atoms. The maximum atomic E-state index is 13.1. The molecular formula is C33H43N9O. The highest BCUT2D eigenvalue weighted by Gasteiger charge is 2.17. The minimum Gasteiger partial charge on any atom is -0.373 e. The van der Waals surface area contributed by atoms with Crippen LogP contribution in [0.15, 0.2) is 73.3 Å². The molecule has 1 fully saturated rings. The summed E-state index contributed by atoms with van der Waals surface area (Å²) in [4.78, 5) is 31.2. The van der Waals surface area contributed by atoms with Gasteiger partial charge in [-0.05, 0) is 54.8 Å². The number of imidazole rings is 1. The van der Waals surface area contributed by atoms with Crippen molar-refractivity contribution < 1.29 is 4.79 Å². The van der Waals surface area contributed by atoms with E-state index in [0.717, 1.165) is 50.0 Å². The first kappa shape index (κ1) is 30.2. The molecule has 3 N–H and O–H groups in total. The standard InChI is InChI=1S/C33H43N9O/c1-4-6-25(2)13-15-40-17-19-41(20-18-40)23-26-9-11-28(12-10-26)38-32(43)27-7-5-8-29(21-27)39-33-35-14-16-42(33)31-22-30(34-3)36-24-37-31/h5,7-12,14,16,21-22,24-25H,4,6,13,15,17-20,23H2,1-3H3,(H,35,39)(H,38,43)(H,34,36,37)/t25-/m1/s1. The molecule has 226 valence electrons. The van der Waals surface area contributed by atoms with Gasteiger partial charge in [0, 0.05) is 75.2 Å². The second-order valence-corrected chi connectivity index (χ2v) is 11.3. The Morgan fingerprint density at radius 2 is 1.72 bits per heavy atom. The van der Waals surface area contributed by atoms with Crippen molar-refractivity contribution in [2.24, 2.45) is 5.92 Å².